The lowest BCUT2D eigenvalue weighted by atomic mass is 9.91. The van der Waals surface area contributed by atoms with Gasteiger partial charge >= 0.3 is 5.97 Å². The quantitative estimate of drug-likeness (QED) is 0.823. The van der Waals surface area contributed by atoms with E-state index in [1.165, 1.54) is 0 Å². The number of benzene rings is 1. The Kier molecular flexibility index (Phi) is 3.93. The fourth-order valence-electron chi connectivity index (χ4n) is 1.82. The molecule has 0 fully saturated rings. The summed E-state index contributed by atoms with van der Waals surface area (Å²) in [6, 6.07) is 5.52. The molecular formula is C13H18O3. The SMILES string of the molecule is CC(C)c1cccc(C(C)CC(=O)O)c1O. The second-order valence-corrected chi connectivity index (χ2v) is 4.44. The van der Waals surface area contributed by atoms with E-state index in [1.807, 2.05) is 32.9 Å². The second-order valence-electron chi connectivity index (χ2n) is 4.44. The van der Waals surface area contributed by atoms with Gasteiger partial charge in [-0.1, -0.05) is 39.0 Å². The van der Waals surface area contributed by atoms with Crippen molar-refractivity contribution in [2.24, 2.45) is 0 Å². The Morgan fingerprint density at radius 3 is 2.31 bits per heavy atom. The summed E-state index contributed by atoms with van der Waals surface area (Å²) < 4.78 is 0. The zero-order valence-corrected chi connectivity index (χ0v) is 9.90. The molecule has 3 nitrogen and oxygen atoms in total. The number of carboxylic acid groups (broad SMARTS) is 1. The summed E-state index contributed by atoms with van der Waals surface area (Å²) in [5.74, 6) is -0.540. The second kappa shape index (κ2) is 5.01. The summed E-state index contributed by atoms with van der Waals surface area (Å²) in [6.07, 6.45) is 0.0368. The van der Waals surface area contributed by atoms with Crippen LogP contribution in [0, 0.1) is 0 Å². The first kappa shape index (κ1) is 12.6. The van der Waals surface area contributed by atoms with E-state index in [4.69, 9.17) is 5.11 Å². The predicted octanol–water partition coefficient (Wildman–Crippen LogP) is 3.09. The van der Waals surface area contributed by atoms with Gasteiger partial charge in [0.1, 0.15) is 5.75 Å². The van der Waals surface area contributed by atoms with Crippen LogP contribution in [0.25, 0.3) is 0 Å². The number of hydrogen-bond acceptors (Lipinski definition) is 2. The van der Waals surface area contributed by atoms with Crippen molar-refractivity contribution in [1.29, 1.82) is 0 Å². The van der Waals surface area contributed by atoms with Gasteiger partial charge in [0.2, 0.25) is 0 Å². The molecule has 16 heavy (non-hydrogen) atoms. The smallest absolute Gasteiger partial charge is 0.303 e. The van der Waals surface area contributed by atoms with Gasteiger partial charge in [0, 0.05) is 0 Å². The lowest BCUT2D eigenvalue weighted by Gasteiger charge is -2.16. The molecule has 3 heteroatoms. The van der Waals surface area contributed by atoms with Gasteiger partial charge in [-0.3, -0.25) is 4.79 Å². The van der Waals surface area contributed by atoms with Crippen molar-refractivity contribution in [1.82, 2.24) is 0 Å². The minimum absolute atomic E-state index is 0.0368. The first-order valence-electron chi connectivity index (χ1n) is 5.47. The highest BCUT2D eigenvalue weighted by Gasteiger charge is 2.17. The molecule has 0 heterocycles. The Morgan fingerprint density at radius 1 is 1.25 bits per heavy atom. The number of phenolic OH excluding ortho intramolecular Hbond substituents is 1. The monoisotopic (exact) mass is 222 g/mol. The van der Waals surface area contributed by atoms with Gasteiger partial charge in [-0.15, -0.1) is 0 Å². The summed E-state index contributed by atoms with van der Waals surface area (Å²) in [6.45, 7) is 5.81. The Labute approximate surface area is 95.7 Å². The third-order valence-electron chi connectivity index (χ3n) is 2.73. The highest BCUT2D eigenvalue weighted by molar-refractivity contribution is 5.68. The fraction of sp³-hybridized carbons (Fsp3) is 0.462. The average molecular weight is 222 g/mol. The third-order valence-corrected chi connectivity index (χ3v) is 2.73. The van der Waals surface area contributed by atoms with Crippen molar-refractivity contribution < 1.29 is 15.0 Å². The zero-order valence-electron chi connectivity index (χ0n) is 9.90. The number of phenols is 1. The fourth-order valence-corrected chi connectivity index (χ4v) is 1.82. The molecule has 1 aromatic carbocycles. The number of carboxylic acids is 1. The Bertz CT molecular complexity index is 383. The van der Waals surface area contributed by atoms with Crippen LogP contribution in [0.15, 0.2) is 18.2 Å². The van der Waals surface area contributed by atoms with Gasteiger partial charge in [0.25, 0.3) is 0 Å². The summed E-state index contributed by atoms with van der Waals surface area (Å²) >= 11 is 0. The van der Waals surface area contributed by atoms with E-state index < -0.39 is 5.97 Å². The van der Waals surface area contributed by atoms with E-state index in [-0.39, 0.29) is 24.0 Å². The molecule has 0 saturated heterocycles. The summed E-state index contributed by atoms with van der Waals surface area (Å²) in [5.41, 5.74) is 1.59. The molecule has 1 rings (SSSR count). The first-order chi connectivity index (χ1) is 7.43. The molecule has 1 aromatic rings. The van der Waals surface area contributed by atoms with Crippen LogP contribution in [0.5, 0.6) is 5.75 Å². The predicted molar refractivity (Wildman–Crippen MR) is 62.9 cm³/mol. The molecule has 88 valence electrons. The van der Waals surface area contributed by atoms with Crippen molar-refractivity contribution in [2.45, 2.75) is 39.0 Å². The van der Waals surface area contributed by atoms with Crippen LogP contribution in [0.4, 0.5) is 0 Å². The molecular weight excluding hydrogens is 204 g/mol. The highest BCUT2D eigenvalue weighted by Crippen LogP contribution is 2.34. The van der Waals surface area contributed by atoms with Crippen LogP contribution < -0.4 is 0 Å². The minimum Gasteiger partial charge on any atom is -0.507 e. The molecule has 0 aliphatic rings. The average Bonchev–Trinajstić information content (AvgIpc) is 2.16. The number of para-hydroxylation sites is 1. The van der Waals surface area contributed by atoms with Crippen LogP contribution in [-0.4, -0.2) is 16.2 Å². The zero-order chi connectivity index (χ0) is 12.3. The lowest BCUT2D eigenvalue weighted by molar-refractivity contribution is -0.137. The standard InChI is InChI=1S/C13H18O3/c1-8(2)10-5-4-6-11(13(10)16)9(3)7-12(14)15/h4-6,8-9,16H,7H2,1-3H3,(H,14,15). The van der Waals surface area contributed by atoms with Crippen LogP contribution in [0.2, 0.25) is 0 Å². The van der Waals surface area contributed by atoms with Gasteiger partial charge in [-0.05, 0) is 23.0 Å². The van der Waals surface area contributed by atoms with Gasteiger partial charge in [0.05, 0.1) is 6.42 Å². The van der Waals surface area contributed by atoms with Gasteiger partial charge < -0.3 is 10.2 Å². The molecule has 0 aliphatic heterocycles. The van der Waals surface area contributed by atoms with Crippen LogP contribution in [0.3, 0.4) is 0 Å². The summed E-state index contributed by atoms with van der Waals surface area (Å²) in [5, 5.41) is 18.8. The van der Waals surface area contributed by atoms with Crippen molar-refractivity contribution in [2.75, 3.05) is 0 Å². The molecule has 1 atom stereocenters. The molecule has 0 bridgehead atoms. The van der Waals surface area contributed by atoms with E-state index >= 15 is 0 Å². The molecule has 0 amide bonds. The van der Waals surface area contributed by atoms with Gasteiger partial charge in [-0.2, -0.15) is 0 Å². The normalized spacial score (nSPS) is 12.8. The summed E-state index contributed by atoms with van der Waals surface area (Å²) in [4.78, 5) is 10.6. The number of hydrogen-bond donors (Lipinski definition) is 2. The molecule has 0 spiro atoms. The molecule has 0 aromatic heterocycles. The Balaban J connectivity index is 3.05. The lowest BCUT2D eigenvalue weighted by Crippen LogP contribution is -2.04. The van der Waals surface area contributed by atoms with E-state index in [0.717, 1.165) is 5.56 Å². The Morgan fingerprint density at radius 2 is 1.81 bits per heavy atom. The maximum Gasteiger partial charge on any atom is 0.303 e. The number of carbonyl (C=O) groups is 1. The summed E-state index contributed by atoms with van der Waals surface area (Å²) in [7, 11) is 0. The van der Waals surface area contributed by atoms with Gasteiger partial charge in [0.15, 0.2) is 0 Å². The molecule has 0 radical (unpaired) electrons. The largest absolute Gasteiger partial charge is 0.507 e. The number of rotatable bonds is 4. The van der Waals surface area contributed by atoms with Crippen molar-refractivity contribution in [3.8, 4) is 5.75 Å². The number of aliphatic carboxylic acids is 1. The number of aromatic hydroxyl groups is 1. The van der Waals surface area contributed by atoms with Crippen LogP contribution >= 0.6 is 0 Å². The van der Waals surface area contributed by atoms with Crippen LogP contribution in [0.1, 0.15) is 50.2 Å². The van der Waals surface area contributed by atoms with Crippen LogP contribution in [-0.2, 0) is 4.79 Å². The molecule has 1 unspecified atom stereocenters. The maximum absolute atomic E-state index is 10.6. The van der Waals surface area contributed by atoms with E-state index in [0.29, 0.717) is 5.56 Å². The molecule has 0 saturated carbocycles. The first-order valence-corrected chi connectivity index (χ1v) is 5.47. The molecule has 2 N–H and O–H groups in total. The van der Waals surface area contributed by atoms with Crippen molar-refractivity contribution >= 4 is 5.97 Å². The van der Waals surface area contributed by atoms with E-state index in [2.05, 4.69) is 0 Å². The highest BCUT2D eigenvalue weighted by atomic mass is 16.4. The minimum atomic E-state index is -0.846. The van der Waals surface area contributed by atoms with E-state index in [9.17, 15) is 9.90 Å². The third kappa shape index (κ3) is 2.75. The maximum atomic E-state index is 10.6. The van der Waals surface area contributed by atoms with Crippen molar-refractivity contribution in [3.63, 3.8) is 0 Å². The Hall–Kier alpha value is -1.51. The van der Waals surface area contributed by atoms with Gasteiger partial charge in [-0.25, -0.2) is 0 Å². The molecule has 0 aliphatic carbocycles. The van der Waals surface area contributed by atoms with Crippen molar-refractivity contribution in [3.05, 3.63) is 29.3 Å². The topological polar surface area (TPSA) is 57.5 Å². The van der Waals surface area contributed by atoms with E-state index in [1.54, 1.807) is 6.07 Å².